The highest BCUT2D eigenvalue weighted by Crippen LogP contribution is 2.46. The van der Waals surface area contributed by atoms with Crippen molar-refractivity contribution in [2.24, 2.45) is 0 Å². The molecule has 0 aliphatic heterocycles. The number of hydrogen-bond donors (Lipinski definition) is 1. The molecule has 2 aromatic carbocycles. The predicted octanol–water partition coefficient (Wildman–Crippen LogP) is 6.85. The van der Waals surface area contributed by atoms with E-state index in [1.165, 1.54) is 6.08 Å². The zero-order valence-electron chi connectivity index (χ0n) is 19.9. The molecule has 0 fully saturated rings. The molecule has 1 atom stereocenters. The number of ether oxygens (including phenoxy) is 1. The number of phenolic OH excluding ortho intramolecular Hbond substituents is 1. The number of rotatable bonds is 4. The average molecular weight is 409 g/mol. The fourth-order valence-corrected chi connectivity index (χ4v) is 4.08. The van der Waals surface area contributed by atoms with Crippen LogP contribution in [-0.2, 0) is 15.6 Å². The Kier molecular flexibility index (Phi) is 6.56. The molecule has 2 rings (SSSR count). The standard InChI is InChI=1S/C27H36O3/c1-11-21(28)30-25-20(27(8,9)10)15-13-17(3)23(25)18(4)22-16(2)12-14-19(24(22)29)26(5,6)7/h11-15,18,29H,1H2,2-10H3. The van der Waals surface area contributed by atoms with Gasteiger partial charge in [0.05, 0.1) is 0 Å². The molecule has 0 saturated carbocycles. The van der Waals surface area contributed by atoms with E-state index in [0.717, 1.165) is 33.4 Å². The van der Waals surface area contributed by atoms with Gasteiger partial charge in [0.25, 0.3) is 0 Å². The van der Waals surface area contributed by atoms with Crippen molar-refractivity contribution >= 4 is 5.97 Å². The summed E-state index contributed by atoms with van der Waals surface area (Å²) in [6.07, 6.45) is 1.19. The summed E-state index contributed by atoms with van der Waals surface area (Å²) in [5, 5.41) is 11.3. The third kappa shape index (κ3) is 4.61. The van der Waals surface area contributed by atoms with Crippen LogP contribution in [0.2, 0.25) is 0 Å². The minimum absolute atomic E-state index is 0.165. The van der Waals surface area contributed by atoms with E-state index in [-0.39, 0.29) is 16.7 Å². The highest BCUT2D eigenvalue weighted by atomic mass is 16.5. The summed E-state index contributed by atoms with van der Waals surface area (Å²) in [7, 11) is 0. The number of hydrogen-bond acceptors (Lipinski definition) is 3. The summed E-state index contributed by atoms with van der Waals surface area (Å²) in [5.74, 6) is 0.238. The number of carbonyl (C=O) groups excluding carboxylic acids is 1. The molecule has 3 heteroatoms. The van der Waals surface area contributed by atoms with Crippen molar-refractivity contribution in [3.63, 3.8) is 0 Å². The normalized spacial score (nSPS) is 13.1. The third-order valence-corrected chi connectivity index (χ3v) is 5.70. The highest BCUT2D eigenvalue weighted by Gasteiger charge is 2.30. The molecule has 30 heavy (non-hydrogen) atoms. The molecule has 162 valence electrons. The van der Waals surface area contributed by atoms with Crippen LogP contribution in [0, 0.1) is 13.8 Å². The second-order valence-corrected chi connectivity index (χ2v) is 10.2. The molecule has 2 aromatic rings. The predicted molar refractivity (Wildman–Crippen MR) is 125 cm³/mol. The lowest BCUT2D eigenvalue weighted by Gasteiger charge is -2.29. The van der Waals surface area contributed by atoms with Gasteiger partial charge in [0, 0.05) is 28.7 Å². The minimum atomic E-state index is -0.482. The van der Waals surface area contributed by atoms with Crippen molar-refractivity contribution in [1.29, 1.82) is 0 Å². The van der Waals surface area contributed by atoms with Gasteiger partial charge < -0.3 is 9.84 Å². The Morgan fingerprint density at radius 3 is 1.87 bits per heavy atom. The Balaban J connectivity index is 2.84. The number of benzene rings is 2. The Morgan fingerprint density at radius 2 is 1.40 bits per heavy atom. The van der Waals surface area contributed by atoms with Gasteiger partial charge in [-0.3, -0.25) is 0 Å². The highest BCUT2D eigenvalue weighted by molar-refractivity contribution is 5.84. The van der Waals surface area contributed by atoms with Crippen molar-refractivity contribution in [3.8, 4) is 11.5 Å². The fraction of sp³-hybridized carbons (Fsp3) is 0.444. The van der Waals surface area contributed by atoms with Crippen molar-refractivity contribution in [2.75, 3.05) is 0 Å². The van der Waals surface area contributed by atoms with Crippen molar-refractivity contribution < 1.29 is 14.6 Å². The topological polar surface area (TPSA) is 46.5 Å². The van der Waals surface area contributed by atoms with Crippen LogP contribution in [0.25, 0.3) is 0 Å². The summed E-state index contributed by atoms with van der Waals surface area (Å²) in [4.78, 5) is 12.2. The van der Waals surface area contributed by atoms with E-state index in [9.17, 15) is 9.90 Å². The van der Waals surface area contributed by atoms with E-state index in [4.69, 9.17) is 4.74 Å². The van der Waals surface area contributed by atoms with Gasteiger partial charge in [-0.1, -0.05) is 79.3 Å². The van der Waals surface area contributed by atoms with E-state index in [1.54, 1.807) is 0 Å². The number of aryl methyl sites for hydroxylation is 2. The molecule has 0 aliphatic carbocycles. The summed E-state index contributed by atoms with van der Waals surface area (Å²) in [5.41, 5.74) is 5.26. The second-order valence-electron chi connectivity index (χ2n) is 10.2. The number of esters is 1. The van der Waals surface area contributed by atoms with Gasteiger partial charge in [0.2, 0.25) is 0 Å². The van der Waals surface area contributed by atoms with Gasteiger partial charge in [-0.05, 0) is 41.4 Å². The molecule has 0 aliphatic rings. The molecule has 0 spiro atoms. The molecule has 1 unspecified atom stereocenters. The van der Waals surface area contributed by atoms with Gasteiger partial charge in [0.1, 0.15) is 11.5 Å². The number of aromatic hydroxyl groups is 1. The van der Waals surface area contributed by atoms with Crippen LogP contribution in [0.1, 0.15) is 87.8 Å². The second kappa shape index (κ2) is 8.29. The average Bonchev–Trinajstić information content (AvgIpc) is 2.59. The molecule has 3 nitrogen and oxygen atoms in total. The first-order valence-electron chi connectivity index (χ1n) is 10.5. The molecule has 0 heterocycles. The SMILES string of the molecule is C=CC(=O)Oc1c(C(C)(C)C)ccc(C)c1C(C)c1c(C)ccc(C(C)(C)C)c1O. The maximum atomic E-state index is 12.2. The van der Waals surface area contributed by atoms with E-state index < -0.39 is 5.97 Å². The Bertz CT molecular complexity index is 969. The summed E-state index contributed by atoms with van der Waals surface area (Å²) < 4.78 is 5.81. The zero-order chi connectivity index (χ0) is 23.0. The number of carbonyl (C=O) groups is 1. The third-order valence-electron chi connectivity index (χ3n) is 5.70. The Hall–Kier alpha value is -2.55. The fourth-order valence-electron chi connectivity index (χ4n) is 4.08. The first-order valence-corrected chi connectivity index (χ1v) is 10.5. The van der Waals surface area contributed by atoms with E-state index >= 15 is 0 Å². The van der Waals surface area contributed by atoms with Gasteiger partial charge in [-0.15, -0.1) is 0 Å². The number of phenols is 1. The lowest BCUT2D eigenvalue weighted by atomic mass is 9.77. The first-order chi connectivity index (χ1) is 13.7. The monoisotopic (exact) mass is 408 g/mol. The van der Waals surface area contributed by atoms with Crippen LogP contribution in [0.5, 0.6) is 11.5 Å². The molecule has 0 radical (unpaired) electrons. The minimum Gasteiger partial charge on any atom is -0.507 e. The van der Waals surface area contributed by atoms with Crippen LogP contribution in [0.3, 0.4) is 0 Å². The molecule has 1 N–H and O–H groups in total. The van der Waals surface area contributed by atoms with Gasteiger partial charge in [0.15, 0.2) is 0 Å². The van der Waals surface area contributed by atoms with Gasteiger partial charge >= 0.3 is 5.97 Å². The van der Waals surface area contributed by atoms with E-state index in [1.807, 2.05) is 26.0 Å². The Labute approximate surface area is 181 Å². The summed E-state index contributed by atoms with van der Waals surface area (Å²) in [6, 6.07) is 8.15. The molecule has 0 bridgehead atoms. The largest absolute Gasteiger partial charge is 0.507 e. The van der Waals surface area contributed by atoms with E-state index in [0.29, 0.717) is 11.5 Å². The van der Waals surface area contributed by atoms with Crippen molar-refractivity contribution in [1.82, 2.24) is 0 Å². The quantitative estimate of drug-likeness (QED) is 0.342. The maximum Gasteiger partial charge on any atom is 0.335 e. The molecular formula is C27H36O3. The zero-order valence-corrected chi connectivity index (χ0v) is 19.9. The van der Waals surface area contributed by atoms with Crippen LogP contribution >= 0.6 is 0 Å². The van der Waals surface area contributed by atoms with E-state index in [2.05, 4.69) is 67.2 Å². The lowest BCUT2D eigenvalue weighted by Crippen LogP contribution is -2.19. The molecule has 0 amide bonds. The van der Waals surface area contributed by atoms with Crippen LogP contribution in [0.15, 0.2) is 36.9 Å². The van der Waals surface area contributed by atoms with Crippen molar-refractivity contribution in [2.45, 2.75) is 79.1 Å². The molecular weight excluding hydrogens is 372 g/mol. The van der Waals surface area contributed by atoms with Crippen LogP contribution in [-0.4, -0.2) is 11.1 Å². The van der Waals surface area contributed by atoms with Gasteiger partial charge in [-0.2, -0.15) is 0 Å². The Morgan fingerprint density at radius 1 is 0.933 bits per heavy atom. The summed E-state index contributed by atoms with van der Waals surface area (Å²) in [6.45, 7) is 22.2. The smallest absolute Gasteiger partial charge is 0.335 e. The summed E-state index contributed by atoms with van der Waals surface area (Å²) >= 11 is 0. The molecule has 0 aromatic heterocycles. The van der Waals surface area contributed by atoms with Crippen LogP contribution < -0.4 is 4.74 Å². The first kappa shape index (κ1) is 23.7. The van der Waals surface area contributed by atoms with Crippen LogP contribution in [0.4, 0.5) is 0 Å². The molecule has 0 saturated heterocycles. The van der Waals surface area contributed by atoms with Gasteiger partial charge in [-0.25, -0.2) is 4.79 Å². The maximum absolute atomic E-state index is 12.2. The van der Waals surface area contributed by atoms with Crippen molar-refractivity contribution in [3.05, 3.63) is 70.3 Å². The lowest BCUT2D eigenvalue weighted by molar-refractivity contribution is -0.129.